The maximum absolute atomic E-state index is 11.9. The van der Waals surface area contributed by atoms with Gasteiger partial charge >= 0.3 is 6.03 Å². The standard InChI is InChI=1S/C16H28N4O3S/c1-11(2)7-8-12(21)13-18-19-15(23-13)24-10-9-20(6)14(22)17-16(3,4)5/h11H,7-10H2,1-6H3,(H,17,22). The van der Waals surface area contributed by atoms with E-state index in [2.05, 4.69) is 29.4 Å². The highest BCUT2D eigenvalue weighted by atomic mass is 32.2. The fraction of sp³-hybridized carbons (Fsp3) is 0.750. The number of carbonyl (C=O) groups is 2. The van der Waals surface area contributed by atoms with Crippen molar-refractivity contribution in [3.8, 4) is 0 Å². The fourth-order valence-electron chi connectivity index (χ4n) is 1.70. The molecule has 0 atom stereocenters. The van der Waals surface area contributed by atoms with Crippen molar-refractivity contribution in [2.75, 3.05) is 19.3 Å². The van der Waals surface area contributed by atoms with Gasteiger partial charge in [-0.3, -0.25) is 4.79 Å². The number of carbonyl (C=O) groups excluding carboxylic acids is 2. The average Bonchev–Trinajstić information content (AvgIpc) is 2.91. The van der Waals surface area contributed by atoms with Gasteiger partial charge in [-0.1, -0.05) is 25.6 Å². The second-order valence-electron chi connectivity index (χ2n) is 7.18. The molecule has 1 rings (SSSR count). The molecular weight excluding hydrogens is 328 g/mol. The summed E-state index contributed by atoms with van der Waals surface area (Å²) in [6.45, 7) is 10.5. The van der Waals surface area contributed by atoms with Gasteiger partial charge in [-0.15, -0.1) is 10.2 Å². The van der Waals surface area contributed by atoms with Gasteiger partial charge in [0.05, 0.1) is 0 Å². The molecule has 8 heteroatoms. The van der Waals surface area contributed by atoms with Crippen LogP contribution in [0.4, 0.5) is 4.79 Å². The first-order chi connectivity index (χ1) is 11.1. The topological polar surface area (TPSA) is 88.3 Å². The van der Waals surface area contributed by atoms with Gasteiger partial charge in [0.25, 0.3) is 11.1 Å². The molecule has 0 unspecified atom stereocenters. The summed E-state index contributed by atoms with van der Waals surface area (Å²) in [7, 11) is 1.73. The molecular formula is C16H28N4O3S. The molecule has 1 heterocycles. The number of nitrogens with one attached hydrogen (secondary N) is 1. The molecule has 0 aromatic carbocycles. The number of hydrogen-bond acceptors (Lipinski definition) is 6. The van der Waals surface area contributed by atoms with Crippen LogP contribution in [0.5, 0.6) is 0 Å². The van der Waals surface area contributed by atoms with E-state index < -0.39 is 0 Å². The molecule has 24 heavy (non-hydrogen) atoms. The SMILES string of the molecule is CC(C)CCC(=O)c1nnc(SCCN(C)C(=O)NC(C)(C)C)o1. The van der Waals surface area contributed by atoms with E-state index in [9.17, 15) is 9.59 Å². The number of nitrogens with zero attached hydrogens (tertiary/aromatic N) is 3. The summed E-state index contributed by atoms with van der Waals surface area (Å²) in [5, 5.41) is 10.9. The number of hydrogen-bond donors (Lipinski definition) is 1. The van der Waals surface area contributed by atoms with E-state index in [0.29, 0.717) is 29.9 Å². The van der Waals surface area contributed by atoms with Crippen LogP contribution in [0.2, 0.25) is 0 Å². The molecule has 0 fully saturated rings. The normalized spacial score (nSPS) is 11.6. The summed E-state index contributed by atoms with van der Waals surface area (Å²) in [4.78, 5) is 25.4. The first-order valence-corrected chi connectivity index (χ1v) is 9.10. The van der Waals surface area contributed by atoms with E-state index >= 15 is 0 Å². The summed E-state index contributed by atoms with van der Waals surface area (Å²) >= 11 is 1.33. The van der Waals surface area contributed by atoms with Gasteiger partial charge in [-0.2, -0.15) is 0 Å². The molecule has 2 amide bonds. The molecule has 0 saturated heterocycles. The highest BCUT2D eigenvalue weighted by molar-refractivity contribution is 7.99. The molecule has 0 bridgehead atoms. The molecule has 1 aromatic heterocycles. The van der Waals surface area contributed by atoms with Crippen molar-refractivity contribution in [1.82, 2.24) is 20.4 Å². The van der Waals surface area contributed by atoms with E-state index in [1.54, 1.807) is 11.9 Å². The maximum Gasteiger partial charge on any atom is 0.317 e. The predicted octanol–water partition coefficient (Wildman–Crippen LogP) is 3.22. The quantitative estimate of drug-likeness (QED) is 0.568. The summed E-state index contributed by atoms with van der Waals surface area (Å²) < 4.78 is 5.37. The number of rotatable bonds is 8. The second-order valence-corrected chi connectivity index (χ2v) is 8.23. The molecule has 0 saturated carbocycles. The van der Waals surface area contributed by atoms with Crippen molar-refractivity contribution >= 4 is 23.6 Å². The van der Waals surface area contributed by atoms with E-state index in [0.717, 1.165) is 6.42 Å². The molecule has 1 aromatic rings. The Bertz CT molecular complexity index is 552. The third-order valence-corrected chi connectivity index (χ3v) is 3.87. The summed E-state index contributed by atoms with van der Waals surface area (Å²) in [6, 6.07) is -0.127. The van der Waals surface area contributed by atoms with Crippen LogP contribution in [0.25, 0.3) is 0 Å². The smallest absolute Gasteiger partial charge is 0.317 e. The molecule has 1 N–H and O–H groups in total. The first kappa shape index (κ1) is 20.5. The number of thioether (sulfide) groups is 1. The Morgan fingerprint density at radius 2 is 1.96 bits per heavy atom. The van der Waals surface area contributed by atoms with E-state index in [1.807, 2.05) is 20.8 Å². The number of ketones is 1. The molecule has 0 aliphatic carbocycles. The van der Waals surface area contributed by atoms with Crippen LogP contribution < -0.4 is 5.32 Å². The Morgan fingerprint density at radius 1 is 1.29 bits per heavy atom. The largest absolute Gasteiger partial charge is 0.408 e. The van der Waals surface area contributed by atoms with Crippen LogP contribution in [0.1, 0.15) is 58.1 Å². The zero-order valence-corrected chi connectivity index (χ0v) is 16.2. The van der Waals surface area contributed by atoms with Gasteiger partial charge in [-0.25, -0.2) is 4.79 Å². The van der Waals surface area contributed by atoms with Gasteiger partial charge in [0.1, 0.15) is 0 Å². The highest BCUT2D eigenvalue weighted by Gasteiger charge is 2.18. The van der Waals surface area contributed by atoms with E-state index in [1.165, 1.54) is 11.8 Å². The first-order valence-electron chi connectivity index (χ1n) is 8.11. The number of amides is 2. The van der Waals surface area contributed by atoms with Crippen LogP contribution in [-0.2, 0) is 0 Å². The predicted molar refractivity (Wildman–Crippen MR) is 94.3 cm³/mol. The summed E-state index contributed by atoms with van der Waals surface area (Å²) in [5.41, 5.74) is -0.268. The lowest BCUT2D eigenvalue weighted by atomic mass is 10.1. The lowest BCUT2D eigenvalue weighted by Crippen LogP contribution is -2.47. The Balaban J connectivity index is 2.38. The lowest BCUT2D eigenvalue weighted by molar-refractivity contribution is 0.0936. The van der Waals surface area contributed by atoms with E-state index in [4.69, 9.17) is 4.42 Å². The van der Waals surface area contributed by atoms with Crippen LogP contribution in [-0.4, -0.2) is 51.8 Å². The third kappa shape index (κ3) is 7.81. The van der Waals surface area contributed by atoms with Crippen molar-refractivity contribution in [3.63, 3.8) is 0 Å². The summed E-state index contributed by atoms with van der Waals surface area (Å²) in [6.07, 6.45) is 1.22. The van der Waals surface area contributed by atoms with Crippen LogP contribution in [0.15, 0.2) is 9.64 Å². The van der Waals surface area contributed by atoms with Crippen LogP contribution in [0.3, 0.4) is 0 Å². The van der Waals surface area contributed by atoms with Gasteiger partial charge in [0.15, 0.2) is 0 Å². The second kappa shape index (κ2) is 9.05. The Kier molecular flexibility index (Phi) is 7.72. The van der Waals surface area contributed by atoms with E-state index in [-0.39, 0.29) is 23.2 Å². The minimum Gasteiger partial charge on any atom is -0.408 e. The van der Waals surface area contributed by atoms with Crippen molar-refractivity contribution in [1.29, 1.82) is 0 Å². The van der Waals surface area contributed by atoms with Crippen molar-refractivity contribution in [3.05, 3.63) is 5.89 Å². The lowest BCUT2D eigenvalue weighted by Gasteiger charge is -2.25. The monoisotopic (exact) mass is 356 g/mol. The van der Waals surface area contributed by atoms with Gasteiger partial charge in [-0.05, 0) is 33.1 Å². The van der Waals surface area contributed by atoms with Crippen molar-refractivity contribution in [2.45, 2.75) is 58.2 Å². The van der Waals surface area contributed by atoms with Crippen LogP contribution in [0, 0.1) is 5.92 Å². The maximum atomic E-state index is 11.9. The zero-order chi connectivity index (χ0) is 18.3. The zero-order valence-electron chi connectivity index (χ0n) is 15.4. The number of aromatic nitrogens is 2. The fourth-order valence-corrected chi connectivity index (χ4v) is 2.47. The van der Waals surface area contributed by atoms with Gasteiger partial charge in [0.2, 0.25) is 5.78 Å². The van der Waals surface area contributed by atoms with Crippen molar-refractivity contribution in [2.24, 2.45) is 5.92 Å². The molecule has 0 aliphatic heterocycles. The minimum absolute atomic E-state index is 0.0666. The molecule has 0 radical (unpaired) electrons. The Hall–Kier alpha value is -1.57. The molecule has 136 valence electrons. The van der Waals surface area contributed by atoms with Crippen molar-refractivity contribution < 1.29 is 14.0 Å². The molecule has 0 aliphatic rings. The minimum atomic E-state index is -0.268. The molecule has 0 spiro atoms. The molecule has 7 nitrogen and oxygen atoms in total. The highest BCUT2D eigenvalue weighted by Crippen LogP contribution is 2.17. The van der Waals surface area contributed by atoms with Gasteiger partial charge in [0, 0.05) is 31.3 Å². The van der Waals surface area contributed by atoms with Crippen LogP contribution >= 0.6 is 11.8 Å². The third-order valence-electron chi connectivity index (χ3n) is 3.07. The number of urea groups is 1. The van der Waals surface area contributed by atoms with Gasteiger partial charge < -0.3 is 14.6 Å². The summed E-state index contributed by atoms with van der Waals surface area (Å²) in [5.74, 6) is 1.01. The Labute approximate surface area is 147 Å². The average molecular weight is 356 g/mol. The number of Topliss-reactive ketones (excluding diaryl/α,β-unsaturated/α-hetero) is 1. The Morgan fingerprint density at radius 3 is 2.54 bits per heavy atom.